The van der Waals surface area contributed by atoms with Gasteiger partial charge in [-0.15, -0.1) is 0 Å². The Labute approximate surface area is 89.6 Å². The Morgan fingerprint density at radius 2 is 2.07 bits per heavy atom. The van der Waals surface area contributed by atoms with E-state index in [2.05, 4.69) is 6.92 Å². The second kappa shape index (κ2) is 3.35. The van der Waals surface area contributed by atoms with Gasteiger partial charge in [0.15, 0.2) is 0 Å². The molecule has 0 N–H and O–H groups in total. The summed E-state index contributed by atoms with van der Waals surface area (Å²) in [6.45, 7) is 4.08. The summed E-state index contributed by atoms with van der Waals surface area (Å²) in [5, 5.41) is 1.47. The van der Waals surface area contributed by atoms with Crippen LogP contribution in [0.2, 0.25) is 0 Å². The quantitative estimate of drug-likeness (QED) is 0.741. The Morgan fingerprint density at radius 3 is 2.67 bits per heavy atom. The van der Waals surface area contributed by atoms with Gasteiger partial charge in [-0.1, -0.05) is 25.1 Å². The third-order valence-electron chi connectivity index (χ3n) is 3.24. The molecule has 0 saturated carbocycles. The molecule has 0 fully saturated rings. The third kappa shape index (κ3) is 1.20. The summed E-state index contributed by atoms with van der Waals surface area (Å²) in [6.07, 6.45) is 0.837. The van der Waals surface area contributed by atoms with Gasteiger partial charge in [-0.25, -0.2) is 5.06 Å². The van der Waals surface area contributed by atoms with E-state index in [1.165, 1.54) is 12.2 Å². The van der Waals surface area contributed by atoms with Crippen LogP contribution in [0.25, 0.3) is 0 Å². The number of fused-ring (bicyclic) bond motifs is 1. The molecule has 3 heteroatoms. The van der Waals surface area contributed by atoms with Gasteiger partial charge < -0.3 is 0 Å². The Bertz CT molecular complexity index is 402. The molecule has 0 saturated heterocycles. The van der Waals surface area contributed by atoms with Gasteiger partial charge in [0.05, 0.1) is 12.6 Å². The molecule has 0 spiro atoms. The number of hydrogen-bond donors (Lipinski definition) is 0. The van der Waals surface area contributed by atoms with Crippen LogP contribution in [0.5, 0.6) is 0 Å². The summed E-state index contributed by atoms with van der Waals surface area (Å²) in [4.78, 5) is 17.2. The molecule has 1 aromatic carbocycles. The Kier molecular flexibility index (Phi) is 2.27. The largest absolute Gasteiger partial charge is 0.278 e. The molecule has 0 bridgehead atoms. The summed E-state index contributed by atoms with van der Waals surface area (Å²) in [7, 11) is 1.54. The van der Waals surface area contributed by atoms with Crippen LogP contribution in [0.3, 0.4) is 0 Å². The number of nitrogens with zero attached hydrogens (tertiary/aromatic N) is 1. The van der Waals surface area contributed by atoms with E-state index in [-0.39, 0.29) is 11.4 Å². The predicted octanol–water partition coefficient (Wildman–Crippen LogP) is 2.33. The summed E-state index contributed by atoms with van der Waals surface area (Å²) in [5.74, 6) is -0.0440. The van der Waals surface area contributed by atoms with Crippen molar-refractivity contribution in [2.45, 2.75) is 25.8 Å². The number of carbonyl (C=O) groups excluding carboxylic acids is 1. The van der Waals surface area contributed by atoms with Crippen molar-refractivity contribution in [3.8, 4) is 0 Å². The summed E-state index contributed by atoms with van der Waals surface area (Å²) >= 11 is 0. The molecule has 1 atom stereocenters. The molecule has 15 heavy (non-hydrogen) atoms. The molecular weight excluding hydrogens is 190 g/mol. The second-order valence-electron chi connectivity index (χ2n) is 3.96. The predicted molar refractivity (Wildman–Crippen MR) is 57.3 cm³/mol. The Balaban J connectivity index is 2.61. The number of rotatable bonds is 2. The van der Waals surface area contributed by atoms with Gasteiger partial charge in [0, 0.05) is 5.56 Å². The minimum Gasteiger partial charge on any atom is -0.273 e. The van der Waals surface area contributed by atoms with Crippen LogP contribution < -0.4 is 0 Å². The maximum Gasteiger partial charge on any atom is 0.278 e. The lowest BCUT2D eigenvalue weighted by atomic mass is 9.90. The fourth-order valence-electron chi connectivity index (χ4n) is 2.20. The van der Waals surface area contributed by atoms with Gasteiger partial charge in [-0.05, 0) is 25.0 Å². The first kappa shape index (κ1) is 10.2. The summed E-state index contributed by atoms with van der Waals surface area (Å²) in [6, 6.07) is 7.69. The van der Waals surface area contributed by atoms with Crippen LogP contribution in [0.15, 0.2) is 24.3 Å². The van der Waals surface area contributed by atoms with Crippen LogP contribution in [-0.2, 0) is 10.4 Å². The van der Waals surface area contributed by atoms with Crippen molar-refractivity contribution in [2.24, 2.45) is 0 Å². The molecule has 0 radical (unpaired) electrons. The van der Waals surface area contributed by atoms with E-state index >= 15 is 0 Å². The highest BCUT2D eigenvalue weighted by Gasteiger charge is 2.45. The van der Waals surface area contributed by atoms with Crippen molar-refractivity contribution in [3.05, 3.63) is 35.4 Å². The Morgan fingerprint density at radius 1 is 1.40 bits per heavy atom. The van der Waals surface area contributed by atoms with Crippen molar-refractivity contribution in [1.29, 1.82) is 0 Å². The summed E-state index contributed by atoms with van der Waals surface area (Å²) in [5.41, 5.74) is 1.48. The molecule has 1 aliphatic rings. The zero-order chi connectivity index (χ0) is 11.1. The molecule has 1 heterocycles. The van der Waals surface area contributed by atoms with Crippen LogP contribution in [0.4, 0.5) is 0 Å². The van der Waals surface area contributed by atoms with Gasteiger partial charge in [0.1, 0.15) is 0 Å². The maximum absolute atomic E-state index is 12.0. The minimum atomic E-state index is -0.331. The molecule has 0 aliphatic carbocycles. The van der Waals surface area contributed by atoms with E-state index in [0.717, 1.165) is 17.5 Å². The molecule has 1 aliphatic heterocycles. The number of carbonyl (C=O) groups is 1. The highest BCUT2D eigenvalue weighted by Crippen LogP contribution is 2.40. The average molecular weight is 205 g/mol. The second-order valence-corrected chi connectivity index (χ2v) is 3.96. The highest BCUT2D eigenvalue weighted by atomic mass is 16.7. The molecule has 80 valence electrons. The standard InChI is InChI=1S/C12H15NO2/c1-4-12(2)10-8-6-5-7-9(10)11(14)13(12)15-3/h5-8H,4H2,1-3H3/t12-/m0/s1. The van der Waals surface area contributed by atoms with Crippen LogP contribution >= 0.6 is 0 Å². The first-order valence-corrected chi connectivity index (χ1v) is 5.13. The molecule has 0 aromatic heterocycles. The van der Waals surface area contributed by atoms with Gasteiger partial charge in [-0.2, -0.15) is 0 Å². The van der Waals surface area contributed by atoms with E-state index in [4.69, 9.17) is 4.84 Å². The molecule has 2 rings (SSSR count). The van der Waals surface area contributed by atoms with Gasteiger partial charge in [0.25, 0.3) is 5.91 Å². The van der Waals surface area contributed by atoms with Gasteiger partial charge in [-0.3, -0.25) is 9.63 Å². The lowest BCUT2D eigenvalue weighted by Crippen LogP contribution is -2.40. The third-order valence-corrected chi connectivity index (χ3v) is 3.24. The Hall–Kier alpha value is -1.35. The van der Waals surface area contributed by atoms with Gasteiger partial charge >= 0.3 is 0 Å². The maximum atomic E-state index is 12.0. The fourth-order valence-corrected chi connectivity index (χ4v) is 2.20. The van der Waals surface area contributed by atoms with Crippen LogP contribution in [0, 0.1) is 0 Å². The summed E-state index contributed by atoms with van der Waals surface area (Å²) < 4.78 is 0. The van der Waals surface area contributed by atoms with E-state index in [0.29, 0.717) is 0 Å². The van der Waals surface area contributed by atoms with Crippen molar-refractivity contribution in [2.75, 3.05) is 7.11 Å². The lowest BCUT2D eigenvalue weighted by molar-refractivity contribution is -0.155. The SMILES string of the molecule is CC[C@@]1(C)c2ccccc2C(=O)N1OC. The molecule has 1 aromatic rings. The zero-order valence-corrected chi connectivity index (χ0v) is 9.28. The van der Waals surface area contributed by atoms with Crippen molar-refractivity contribution in [3.63, 3.8) is 0 Å². The highest BCUT2D eigenvalue weighted by molar-refractivity contribution is 5.99. The number of benzene rings is 1. The van der Waals surface area contributed by atoms with E-state index in [1.807, 2.05) is 31.2 Å². The molecule has 1 amide bonds. The first-order chi connectivity index (χ1) is 7.15. The molecule has 0 unspecified atom stereocenters. The minimum absolute atomic E-state index is 0.0440. The van der Waals surface area contributed by atoms with Gasteiger partial charge in [0.2, 0.25) is 0 Å². The zero-order valence-electron chi connectivity index (χ0n) is 9.28. The van der Waals surface area contributed by atoms with E-state index in [9.17, 15) is 4.79 Å². The first-order valence-electron chi connectivity index (χ1n) is 5.13. The molecular formula is C12H15NO2. The topological polar surface area (TPSA) is 29.5 Å². The average Bonchev–Trinajstić information content (AvgIpc) is 2.50. The van der Waals surface area contributed by atoms with Crippen LogP contribution in [0.1, 0.15) is 36.2 Å². The lowest BCUT2D eigenvalue weighted by Gasteiger charge is -2.32. The van der Waals surface area contributed by atoms with E-state index in [1.54, 1.807) is 0 Å². The normalized spacial score (nSPS) is 24.5. The fraction of sp³-hybridized carbons (Fsp3) is 0.417. The number of hydroxylamine groups is 2. The molecule has 3 nitrogen and oxygen atoms in total. The van der Waals surface area contributed by atoms with Crippen molar-refractivity contribution < 1.29 is 9.63 Å². The number of amides is 1. The smallest absolute Gasteiger partial charge is 0.273 e. The van der Waals surface area contributed by atoms with E-state index < -0.39 is 0 Å². The van der Waals surface area contributed by atoms with Crippen molar-refractivity contribution in [1.82, 2.24) is 5.06 Å². The van der Waals surface area contributed by atoms with Crippen LogP contribution in [-0.4, -0.2) is 18.1 Å². The monoisotopic (exact) mass is 205 g/mol. The number of hydrogen-bond acceptors (Lipinski definition) is 2. The van der Waals surface area contributed by atoms with Crippen molar-refractivity contribution >= 4 is 5.91 Å².